The van der Waals surface area contributed by atoms with Crippen LogP contribution in [0.15, 0.2) is 24.3 Å². The Kier molecular flexibility index (Phi) is 6.88. The highest BCUT2D eigenvalue weighted by Gasteiger charge is 2.25. The number of benzene rings is 1. The Labute approximate surface area is 144 Å². The number of hydrogen-bond acceptors (Lipinski definition) is 3. The lowest BCUT2D eigenvalue weighted by molar-refractivity contribution is -0.120. The summed E-state index contributed by atoms with van der Waals surface area (Å²) in [5, 5.41) is 3.03. The van der Waals surface area contributed by atoms with E-state index >= 15 is 0 Å². The van der Waals surface area contributed by atoms with Crippen molar-refractivity contribution >= 4 is 24.0 Å². The Morgan fingerprint density at radius 3 is 2.83 bits per heavy atom. The van der Waals surface area contributed by atoms with E-state index in [0.717, 1.165) is 49.5 Å². The molecule has 2 fully saturated rings. The minimum atomic E-state index is 0. The van der Waals surface area contributed by atoms with Crippen molar-refractivity contribution < 1.29 is 9.53 Å². The molecule has 0 aromatic heterocycles. The largest absolute Gasteiger partial charge is 0.376 e. The predicted molar refractivity (Wildman–Crippen MR) is 94.6 cm³/mol. The number of ether oxygens (including phenoxy) is 1. The van der Waals surface area contributed by atoms with Gasteiger partial charge in [0, 0.05) is 24.3 Å². The minimum absolute atomic E-state index is 0. The second-order valence-electron chi connectivity index (χ2n) is 6.77. The molecule has 3 rings (SSSR count). The van der Waals surface area contributed by atoms with E-state index < -0.39 is 0 Å². The van der Waals surface area contributed by atoms with Crippen molar-refractivity contribution in [2.24, 2.45) is 17.6 Å². The summed E-state index contributed by atoms with van der Waals surface area (Å²) in [4.78, 5) is 12.3. The maximum absolute atomic E-state index is 12.3. The standard InChI is InChI=1S/C18H26N2O2.ClH/c19-16-5-2-4-15(10-16)18(21)20-17-6-1-3-14(9-17)12-22-11-13-7-8-13;/h1,3,6,9,13,15-16H,2,4-5,7-8,10-12,19H2,(H,20,21);1H. The van der Waals surface area contributed by atoms with Crippen LogP contribution in [0.5, 0.6) is 0 Å². The molecule has 0 heterocycles. The number of hydrogen-bond donors (Lipinski definition) is 2. The van der Waals surface area contributed by atoms with Gasteiger partial charge in [0.25, 0.3) is 0 Å². The van der Waals surface area contributed by atoms with Crippen LogP contribution in [0.1, 0.15) is 44.1 Å². The van der Waals surface area contributed by atoms with E-state index in [1.807, 2.05) is 24.3 Å². The molecule has 0 radical (unpaired) electrons. The molecule has 5 heteroatoms. The Morgan fingerprint density at radius 1 is 1.26 bits per heavy atom. The summed E-state index contributed by atoms with van der Waals surface area (Å²) in [6, 6.07) is 8.13. The molecule has 1 amide bonds. The van der Waals surface area contributed by atoms with Gasteiger partial charge in [-0.3, -0.25) is 4.79 Å². The van der Waals surface area contributed by atoms with Gasteiger partial charge in [-0.1, -0.05) is 18.6 Å². The number of carbonyl (C=O) groups excluding carboxylic acids is 1. The first-order chi connectivity index (χ1) is 10.7. The van der Waals surface area contributed by atoms with Gasteiger partial charge in [0.1, 0.15) is 0 Å². The fourth-order valence-electron chi connectivity index (χ4n) is 3.08. The van der Waals surface area contributed by atoms with Crippen molar-refractivity contribution in [3.8, 4) is 0 Å². The molecule has 2 atom stereocenters. The number of carbonyl (C=O) groups is 1. The normalized spacial score (nSPS) is 23.9. The zero-order valence-corrected chi connectivity index (χ0v) is 14.3. The van der Waals surface area contributed by atoms with E-state index in [9.17, 15) is 4.79 Å². The lowest BCUT2D eigenvalue weighted by atomic mass is 9.85. The van der Waals surface area contributed by atoms with Crippen molar-refractivity contribution in [2.75, 3.05) is 11.9 Å². The van der Waals surface area contributed by atoms with Gasteiger partial charge in [0.05, 0.1) is 6.61 Å². The van der Waals surface area contributed by atoms with Gasteiger partial charge in [-0.15, -0.1) is 12.4 Å². The van der Waals surface area contributed by atoms with Crippen LogP contribution in [0.3, 0.4) is 0 Å². The van der Waals surface area contributed by atoms with Crippen molar-refractivity contribution in [3.63, 3.8) is 0 Å². The molecule has 23 heavy (non-hydrogen) atoms. The highest BCUT2D eigenvalue weighted by molar-refractivity contribution is 5.92. The Morgan fingerprint density at radius 2 is 2.09 bits per heavy atom. The van der Waals surface area contributed by atoms with Crippen LogP contribution < -0.4 is 11.1 Å². The van der Waals surface area contributed by atoms with Crippen LogP contribution in [0.2, 0.25) is 0 Å². The van der Waals surface area contributed by atoms with Gasteiger partial charge >= 0.3 is 0 Å². The zero-order valence-electron chi connectivity index (χ0n) is 13.5. The number of amides is 1. The molecule has 128 valence electrons. The molecule has 4 nitrogen and oxygen atoms in total. The monoisotopic (exact) mass is 338 g/mol. The number of nitrogens with one attached hydrogen (secondary N) is 1. The number of rotatable bonds is 6. The Hall–Kier alpha value is -1.10. The zero-order chi connectivity index (χ0) is 15.4. The minimum Gasteiger partial charge on any atom is -0.376 e. The third-order valence-electron chi connectivity index (χ3n) is 4.60. The highest BCUT2D eigenvalue weighted by Crippen LogP contribution is 2.29. The molecule has 0 spiro atoms. The first-order valence-corrected chi connectivity index (χ1v) is 8.44. The number of nitrogens with two attached hydrogens (primary N) is 1. The van der Waals surface area contributed by atoms with Gasteiger partial charge in [-0.2, -0.15) is 0 Å². The van der Waals surface area contributed by atoms with Crippen LogP contribution in [0.4, 0.5) is 5.69 Å². The smallest absolute Gasteiger partial charge is 0.227 e. The summed E-state index contributed by atoms with van der Waals surface area (Å²) in [5.41, 5.74) is 7.94. The second kappa shape index (κ2) is 8.67. The van der Waals surface area contributed by atoms with E-state index in [4.69, 9.17) is 10.5 Å². The van der Waals surface area contributed by atoms with E-state index in [1.54, 1.807) is 0 Å². The first-order valence-electron chi connectivity index (χ1n) is 8.44. The topological polar surface area (TPSA) is 64.4 Å². The fourth-order valence-corrected chi connectivity index (χ4v) is 3.08. The summed E-state index contributed by atoms with van der Waals surface area (Å²) < 4.78 is 5.70. The SMILES string of the molecule is Cl.NC1CCCC(C(=O)Nc2cccc(COCC3CC3)c2)C1. The Bertz CT molecular complexity index is 519. The van der Waals surface area contributed by atoms with Gasteiger partial charge in [-0.05, 0) is 55.7 Å². The molecule has 2 aliphatic rings. The summed E-state index contributed by atoms with van der Waals surface area (Å²) in [6.45, 7) is 1.48. The van der Waals surface area contributed by atoms with Crippen LogP contribution in [0.25, 0.3) is 0 Å². The van der Waals surface area contributed by atoms with E-state index in [0.29, 0.717) is 6.61 Å². The maximum Gasteiger partial charge on any atom is 0.227 e. The van der Waals surface area contributed by atoms with E-state index in [1.165, 1.54) is 12.8 Å². The molecular formula is C18H27ClN2O2. The molecule has 2 saturated carbocycles. The van der Waals surface area contributed by atoms with Crippen LogP contribution >= 0.6 is 12.4 Å². The van der Waals surface area contributed by atoms with E-state index in [2.05, 4.69) is 5.32 Å². The molecule has 0 bridgehead atoms. The Balaban J connectivity index is 0.00000192. The molecule has 2 aliphatic carbocycles. The average molecular weight is 339 g/mol. The lowest BCUT2D eigenvalue weighted by Gasteiger charge is -2.25. The van der Waals surface area contributed by atoms with Gasteiger partial charge in [0.2, 0.25) is 5.91 Å². The molecule has 0 aliphatic heterocycles. The summed E-state index contributed by atoms with van der Waals surface area (Å²) >= 11 is 0. The van der Waals surface area contributed by atoms with Gasteiger partial charge < -0.3 is 15.8 Å². The summed E-state index contributed by atoms with van der Waals surface area (Å²) in [5.74, 6) is 0.933. The van der Waals surface area contributed by atoms with E-state index in [-0.39, 0.29) is 30.3 Å². The van der Waals surface area contributed by atoms with Gasteiger partial charge in [-0.25, -0.2) is 0 Å². The van der Waals surface area contributed by atoms with Crippen molar-refractivity contribution in [1.82, 2.24) is 0 Å². The van der Waals surface area contributed by atoms with Crippen molar-refractivity contribution in [2.45, 2.75) is 51.2 Å². The summed E-state index contributed by atoms with van der Waals surface area (Å²) in [7, 11) is 0. The number of anilines is 1. The third kappa shape index (κ3) is 5.79. The van der Waals surface area contributed by atoms with Crippen LogP contribution in [-0.4, -0.2) is 18.6 Å². The van der Waals surface area contributed by atoms with Crippen LogP contribution in [-0.2, 0) is 16.1 Å². The lowest BCUT2D eigenvalue weighted by Crippen LogP contribution is -2.34. The number of halogens is 1. The van der Waals surface area contributed by atoms with Crippen molar-refractivity contribution in [3.05, 3.63) is 29.8 Å². The average Bonchev–Trinajstić information content (AvgIpc) is 3.32. The van der Waals surface area contributed by atoms with Crippen molar-refractivity contribution in [1.29, 1.82) is 0 Å². The molecule has 1 aromatic rings. The van der Waals surface area contributed by atoms with Crippen LogP contribution in [0, 0.1) is 11.8 Å². The molecule has 3 N–H and O–H groups in total. The fraction of sp³-hybridized carbons (Fsp3) is 0.611. The maximum atomic E-state index is 12.3. The highest BCUT2D eigenvalue weighted by atomic mass is 35.5. The molecule has 1 aromatic carbocycles. The molecular weight excluding hydrogens is 312 g/mol. The molecule has 0 saturated heterocycles. The first kappa shape index (κ1) is 18.2. The molecule has 2 unspecified atom stereocenters. The van der Waals surface area contributed by atoms with Gasteiger partial charge in [0.15, 0.2) is 0 Å². The predicted octanol–water partition coefficient (Wildman–Crippen LogP) is 3.49. The summed E-state index contributed by atoms with van der Waals surface area (Å²) in [6.07, 6.45) is 6.45. The second-order valence-corrected chi connectivity index (χ2v) is 6.77. The third-order valence-corrected chi connectivity index (χ3v) is 4.60. The quantitative estimate of drug-likeness (QED) is 0.834.